The van der Waals surface area contributed by atoms with Gasteiger partial charge in [0, 0.05) is 29.5 Å². The molecular weight excluding hydrogens is 230 g/mol. The predicted molar refractivity (Wildman–Crippen MR) is 72.3 cm³/mol. The van der Waals surface area contributed by atoms with Gasteiger partial charge in [0.05, 0.1) is 6.20 Å². The lowest BCUT2D eigenvalue weighted by molar-refractivity contribution is 0.693. The van der Waals surface area contributed by atoms with Crippen LogP contribution < -0.4 is 5.32 Å². The van der Waals surface area contributed by atoms with E-state index in [4.69, 9.17) is 0 Å². The Labute approximate surface area is 106 Å². The van der Waals surface area contributed by atoms with Crippen LogP contribution in [0.2, 0.25) is 0 Å². The van der Waals surface area contributed by atoms with Gasteiger partial charge in [0.25, 0.3) is 0 Å². The number of nitrogens with one attached hydrogen (secondary N) is 1. The molecule has 0 amide bonds. The van der Waals surface area contributed by atoms with Gasteiger partial charge in [0.1, 0.15) is 0 Å². The monoisotopic (exact) mass is 249 g/mol. The van der Waals surface area contributed by atoms with Crippen LogP contribution >= 0.6 is 11.3 Å². The highest BCUT2D eigenvalue weighted by Gasteiger charge is 1.99. The Bertz CT molecular complexity index is 459. The molecule has 17 heavy (non-hydrogen) atoms. The van der Waals surface area contributed by atoms with Gasteiger partial charge < -0.3 is 5.32 Å². The molecule has 0 aliphatic rings. The smallest absolute Gasteiger partial charge is 0.0522 e. The van der Waals surface area contributed by atoms with Crippen LogP contribution in [0.4, 0.5) is 0 Å². The third-order valence-electron chi connectivity index (χ3n) is 2.71. The molecule has 0 radical (unpaired) electrons. The zero-order valence-electron chi connectivity index (χ0n) is 10.4. The Hall–Kier alpha value is -1.13. The van der Waals surface area contributed by atoms with E-state index in [9.17, 15) is 0 Å². The third kappa shape index (κ3) is 3.68. The second kappa shape index (κ2) is 5.98. The molecule has 0 unspecified atom stereocenters. The van der Waals surface area contributed by atoms with Gasteiger partial charge in [-0.2, -0.15) is 5.10 Å². The molecule has 0 aromatic carbocycles. The van der Waals surface area contributed by atoms with Gasteiger partial charge in [-0.05, 0) is 37.1 Å². The molecule has 2 aromatic heterocycles. The van der Waals surface area contributed by atoms with Crippen LogP contribution in [0.25, 0.3) is 0 Å². The highest BCUT2D eigenvalue weighted by atomic mass is 32.1. The summed E-state index contributed by atoms with van der Waals surface area (Å²) in [5.74, 6) is 0. The maximum atomic E-state index is 4.16. The Morgan fingerprint density at radius 1 is 1.35 bits per heavy atom. The van der Waals surface area contributed by atoms with Crippen LogP contribution in [0.15, 0.2) is 24.5 Å². The normalized spacial score (nSPS) is 10.9. The molecule has 2 heterocycles. The lowest BCUT2D eigenvalue weighted by atomic mass is 10.2. The minimum atomic E-state index is 0.977. The maximum absolute atomic E-state index is 4.16. The molecule has 0 bridgehead atoms. The molecule has 2 rings (SSSR count). The first-order valence-electron chi connectivity index (χ1n) is 6.03. The molecule has 0 saturated heterocycles. The van der Waals surface area contributed by atoms with Crippen molar-refractivity contribution in [2.24, 2.45) is 7.05 Å². The van der Waals surface area contributed by atoms with Crippen molar-refractivity contribution in [3.63, 3.8) is 0 Å². The number of hydrogen-bond acceptors (Lipinski definition) is 3. The predicted octanol–water partition coefficient (Wildman–Crippen LogP) is 2.38. The van der Waals surface area contributed by atoms with Crippen molar-refractivity contribution in [3.05, 3.63) is 39.8 Å². The SMILES string of the molecule is CCc1ccc(CNCCc2cnn(C)c2)s1. The zero-order valence-corrected chi connectivity index (χ0v) is 11.3. The second-order valence-electron chi connectivity index (χ2n) is 4.17. The highest BCUT2D eigenvalue weighted by Crippen LogP contribution is 2.16. The van der Waals surface area contributed by atoms with Gasteiger partial charge in [-0.1, -0.05) is 6.92 Å². The summed E-state index contributed by atoms with van der Waals surface area (Å²) in [5, 5.41) is 7.63. The Kier molecular flexibility index (Phi) is 4.34. The molecule has 92 valence electrons. The molecule has 0 spiro atoms. The minimum absolute atomic E-state index is 0.977. The highest BCUT2D eigenvalue weighted by molar-refractivity contribution is 7.11. The molecule has 2 aromatic rings. The van der Waals surface area contributed by atoms with E-state index in [-0.39, 0.29) is 0 Å². The molecule has 0 fully saturated rings. The van der Waals surface area contributed by atoms with Crippen LogP contribution in [0, 0.1) is 0 Å². The van der Waals surface area contributed by atoms with E-state index < -0.39 is 0 Å². The van der Waals surface area contributed by atoms with E-state index in [1.54, 1.807) is 0 Å². The third-order valence-corrected chi connectivity index (χ3v) is 3.94. The lowest BCUT2D eigenvalue weighted by Crippen LogP contribution is -2.15. The van der Waals surface area contributed by atoms with Crippen LogP contribution in [0.1, 0.15) is 22.2 Å². The number of aryl methyl sites for hydroxylation is 2. The zero-order chi connectivity index (χ0) is 12.1. The average molecular weight is 249 g/mol. The number of hydrogen-bond donors (Lipinski definition) is 1. The van der Waals surface area contributed by atoms with Crippen molar-refractivity contribution >= 4 is 11.3 Å². The summed E-state index contributed by atoms with van der Waals surface area (Å²) in [6.07, 6.45) is 6.18. The number of rotatable bonds is 6. The fourth-order valence-corrected chi connectivity index (χ4v) is 2.68. The Balaban J connectivity index is 1.69. The van der Waals surface area contributed by atoms with E-state index in [1.807, 2.05) is 29.3 Å². The summed E-state index contributed by atoms with van der Waals surface area (Å²) < 4.78 is 1.85. The van der Waals surface area contributed by atoms with Gasteiger partial charge in [-0.25, -0.2) is 0 Å². The molecule has 3 nitrogen and oxygen atoms in total. The number of nitrogens with zero attached hydrogens (tertiary/aromatic N) is 2. The quantitative estimate of drug-likeness (QED) is 0.797. The first-order chi connectivity index (χ1) is 8.28. The summed E-state index contributed by atoms with van der Waals surface area (Å²) in [6.45, 7) is 4.18. The lowest BCUT2D eigenvalue weighted by Gasteiger charge is -2.01. The van der Waals surface area contributed by atoms with Crippen molar-refractivity contribution in [1.29, 1.82) is 0 Å². The summed E-state index contributed by atoms with van der Waals surface area (Å²) >= 11 is 1.90. The van der Waals surface area contributed by atoms with Gasteiger partial charge in [-0.15, -0.1) is 11.3 Å². The van der Waals surface area contributed by atoms with Crippen LogP contribution in [0.5, 0.6) is 0 Å². The molecule has 0 aliphatic heterocycles. The largest absolute Gasteiger partial charge is 0.312 e. The van der Waals surface area contributed by atoms with E-state index in [0.717, 1.165) is 25.9 Å². The summed E-state index contributed by atoms with van der Waals surface area (Å²) in [4.78, 5) is 2.89. The van der Waals surface area contributed by atoms with Crippen molar-refractivity contribution in [3.8, 4) is 0 Å². The summed E-state index contributed by atoms with van der Waals surface area (Å²) in [7, 11) is 1.95. The minimum Gasteiger partial charge on any atom is -0.312 e. The van der Waals surface area contributed by atoms with E-state index >= 15 is 0 Å². The van der Waals surface area contributed by atoms with Crippen molar-refractivity contribution in [2.75, 3.05) is 6.54 Å². The summed E-state index contributed by atoms with van der Waals surface area (Å²) in [5.41, 5.74) is 1.29. The standard InChI is InChI=1S/C13H19N3S/c1-3-12-4-5-13(17-12)9-14-7-6-11-8-15-16(2)10-11/h4-5,8,10,14H,3,6-7,9H2,1-2H3. The van der Waals surface area contributed by atoms with E-state index in [0.29, 0.717) is 0 Å². The van der Waals surface area contributed by atoms with Gasteiger partial charge >= 0.3 is 0 Å². The van der Waals surface area contributed by atoms with Crippen molar-refractivity contribution < 1.29 is 0 Å². The van der Waals surface area contributed by atoms with Gasteiger partial charge in [0.15, 0.2) is 0 Å². The second-order valence-corrected chi connectivity index (χ2v) is 5.42. The van der Waals surface area contributed by atoms with Crippen LogP contribution in [0.3, 0.4) is 0 Å². The fraction of sp³-hybridized carbons (Fsp3) is 0.462. The number of aromatic nitrogens is 2. The molecule has 0 atom stereocenters. The average Bonchev–Trinajstić information content (AvgIpc) is 2.93. The molecular formula is C13H19N3S. The van der Waals surface area contributed by atoms with Crippen LogP contribution in [-0.4, -0.2) is 16.3 Å². The maximum Gasteiger partial charge on any atom is 0.0522 e. The first kappa shape index (κ1) is 12.3. The molecule has 0 aliphatic carbocycles. The first-order valence-corrected chi connectivity index (χ1v) is 6.85. The van der Waals surface area contributed by atoms with Crippen molar-refractivity contribution in [2.45, 2.75) is 26.3 Å². The fourth-order valence-electron chi connectivity index (χ4n) is 1.75. The Morgan fingerprint density at radius 2 is 2.18 bits per heavy atom. The summed E-state index contributed by atoms with van der Waals surface area (Å²) in [6, 6.07) is 4.45. The van der Waals surface area contributed by atoms with E-state index in [2.05, 4.69) is 35.7 Å². The Morgan fingerprint density at radius 3 is 2.82 bits per heavy atom. The molecule has 1 N–H and O–H groups in total. The van der Waals surface area contributed by atoms with Gasteiger partial charge in [0.2, 0.25) is 0 Å². The molecule has 4 heteroatoms. The van der Waals surface area contributed by atoms with E-state index in [1.165, 1.54) is 15.3 Å². The molecule has 0 saturated carbocycles. The topological polar surface area (TPSA) is 29.9 Å². The van der Waals surface area contributed by atoms with Crippen LogP contribution in [-0.2, 0) is 26.4 Å². The number of thiophene rings is 1. The van der Waals surface area contributed by atoms with Crippen molar-refractivity contribution in [1.82, 2.24) is 15.1 Å². The van der Waals surface area contributed by atoms with Gasteiger partial charge in [-0.3, -0.25) is 4.68 Å².